The van der Waals surface area contributed by atoms with E-state index in [0.29, 0.717) is 22.1 Å². The molecular formula is C19H16FN3O4. The zero-order chi connectivity index (χ0) is 19.2. The molecular weight excluding hydrogens is 353 g/mol. The molecule has 1 saturated heterocycles. The molecule has 1 atom stereocenters. The topological polar surface area (TPSA) is 92.6 Å². The van der Waals surface area contributed by atoms with E-state index in [9.17, 15) is 19.1 Å². The number of urea groups is 1. The van der Waals surface area contributed by atoms with Gasteiger partial charge in [-0.25, -0.2) is 9.18 Å². The molecule has 2 aromatic carbocycles. The van der Waals surface area contributed by atoms with Crippen molar-refractivity contribution in [1.82, 2.24) is 15.2 Å². The van der Waals surface area contributed by atoms with Crippen LogP contribution >= 0.6 is 0 Å². The molecule has 0 bridgehead atoms. The Balaban J connectivity index is 1.85. The Hall–Kier alpha value is -3.55. The molecule has 4 rings (SSSR count). The third-order valence-corrected chi connectivity index (χ3v) is 4.77. The number of imide groups is 1. The molecule has 0 saturated carbocycles. The molecule has 7 nitrogen and oxygen atoms in total. The summed E-state index contributed by atoms with van der Waals surface area (Å²) in [6.45, 7) is -0.0835. The van der Waals surface area contributed by atoms with Crippen LogP contribution in [0.3, 0.4) is 0 Å². The normalized spacial score (nSPS) is 19.2. The molecule has 0 aliphatic carbocycles. The van der Waals surface area contributed by atoms with Crippen LogP contribution in [0.5, 0.6) is 11.6 Å². The van der Waals surface area contributed by atoms with Gasteiger partial charge in [-0.3, -0.25) is 10.1 Å². The average Bonchev–Trinajstić information content (AvgIpc) is 3.12. The molecule has 1 aliphatic heterocycles. The molecule has 1 fully saturated rings. The van der Waals surface area contributed by atoms with Crippen LogP contribution < -0.4 is 15.4 Å². The van der Waals surface area contributed by atoms with E-state index >= 15 is 0 Å². The van der Waals surface area contributed by atoms with Gasteiger partial charge < -0.3 is 19.7 Å². The Bertz CT molecular complexity index is 1060. The van der Waals surface area contributed by atoms with E-state index in [1.807, 2.05) is 0 Å². The van der Waals surface area contributed by atoms with E-state index in [2.05, 4.69) is 10.6 Å². The zero-order valence-corrected chi connectivity index (χ0v) is 14.3. The maximum Gasteiger partial charge on any atom is 0.322 e. The summed E-state index contributed by atoms with van der Waals surface area (Å²) in [6.07, 6.45) is 1.65. The second-order valence-corrected chi connectivity index (χ2v) is 6.32. The van der Waals surface area contributed by atoms with Crippen LogP contribution in [0, 0.1) is 5.82 Å². The van der Waals surface area contributed by atoms with Gasteiger partial charge in [0.05, 0.1) is 13.7 Å². The lowest BCUT2D eigenvalue weighted by atomic mass is 9.89. The lowest BCUT2D eigenvalue weighted by Crippen LogP contribution is -2.47. The van der Waals surface area contributed by atoms with Crippen molar-refractivity contribution in [3.63, 3.8) is 0 Å². The maximum absolute atomic E-state index is 13.3. The molecule has 138 valence electrons. The number of nitrogens with one attached hydrogen (secondary N) is 2. The highest BCUT2D eigenvalue weighted by Crippen LogP contribution is 2.36. The van der Waals surface area contributed by atoms with E-state index in [0.717, 1.165) is 0 Å². The summed E-state index contributed by atoms with van der Waals surface area (Å²) in [5.41, 5.74) is -1.08. The minimum atomic E-state index is -1.48. The van der Waals surface area contributed by atoms with E-state index in [1.165, 1.54) is 35.9 Å². The lowest BCUT2D eigenvalue weighted by molar-refractivity contribution is -0.124. The maximum atomic E-state index is 13.3. The lowest BCUT2D eigenvalue weighted by Gasteiger charge is -2.27. The molecule has 0 radical (unpaired) electrons. The Morgan fingerprint density at radius 1 is 1.15 bits per heavy atom. The standard InChI is InChI=1S/C19H16FN3O4/c1-27-15-4-2-3-13-14(15)9-23(16(13)24)10-19(17(25)21-18(26)22-19)11-5-7-12(20)8-6-11/h2-9,24H,10H2,1H3,(H2,21,22,25,26). The Morgan fingerprint density at radius 3 is 2.52 bits per heavy atom. The number of aromatic nitrogens is 1. The van der Waals surface area contributed by atoms with Crippen molar-refractivity contribution in [2.75, 3.05) is 7.11 Å². The summed E-state index contributed by atoms with van der Waals surface area (Å²) in [5, 5.41) is 16.7. The van der Waals surface area contributed by atoms with E-state index < -0.39 is 23.3 Å². The van der Waals surface area contributed by atoms with Gasteiger partial charge >= 0.3 is 6.03 Å². The largest absolute Gasteiger partial charge is 0.496 e. The quantitative estimate of drug-likeness (QED) is 0.615. The molecule has 3 N–H and O–H groups in total. The molecule has 1 unspecified atom stereocenters. The number of rotatable bonds is 4. The van der Waals surface area contributed by atoms with Crippen molar-refractivity contribution in [3.8, 4) is 11.6 Å². The SMILES string of the molecule is COc1cccc2c(O)n(CC3(c4ccc(F)cc4)NC(=O)NC3=O)cc12. The number of carbonyl (C=O) groups is 2. The number of benzene rings is 2. The van der Waals surface area contributed by atoms with Gasteiger partial charge in [-0.1, -0.05) is 18.2 Å². The number of fused-ring (bicyclic) bond motifs is 1. The van der Waals surface area contributed by atoms with Gasteiger partial charge in [0.2, 0.25) is 0 Å². The van der Waals surface area contributed by atoms with Crippen LogP contribution in [0.25, 0.3) is 10.8 Å². The first-order valence-corrected chi connectivity index (χ1v) is 8.19. The van der Waals surface area contributed by atoms with Gasteiger partial charge in [-0.05, 0) is 29.8 Å². The van der Waals surface area contributed by atoms with Crippen LogP contribution in [0.4, 0.5) is 9.18 Å². The van der Waals surface area contributed by atoms with E-state index in [1.54, 1.807) is 24.4 Å². The molecule has 3 aromatic rings. The number of halogens is 1. The molecule has 0 spiro atoms. The second kappa shape index (κ2) is 6.01. The van der Waals surface area contributed by atoms with Crippen molar-refractivity contribution < 1.29 is 23.8 Å². The predicted molar refractivity (Wildman–Crippen MR) is 94.9 cm³/mol. The summed E-state index contributed by atoms with van der Waals surface area (Å²) in [4.78, 5) is 24.5. The fourth-order valence-corrected chi connectivity index (χ4v) is 3.43. The van der Waals surface area contributed by atoms with E-state index in [-0.39, 0.29) is 12.4 Å². The van der Waals surface area contributed by atoms with E-state index in [4.69, 9.17) is 4.74 Å². The van der Waals surface area contributed by atoms with Gasteiger partial charge in [0.15, 0.2) is 11.4 Å². The first kappa shape index (κ1) is 16.9. The highest BCUT2D eigenvalue weighted by Gasteiger charge is 2.48. The Kier molecular flexibility index (Phi) is 3.76. The van der Waals surface area contributed by atoms with Crippen LogP contribution in [-0.2, 0) is 16.9 Å². The smallest absolute Gasteiger partial charge is 0.322 e. The van der Waals surface area contributed by atoms with Crippen LogP contribution in [0.1, 0.15) is 5.56 Å². The van der Waals surface area contributed by atoms with Gasteiger partial charge in [0.25, 0.3) is 5.91 Å². The van der Waals surface area contributed by atoms with Crippen molar-refractivity contribution >= 4 is 22.7 Å². The van der Waals surface area contributed by atoms with Crippen LogP contribution in [0.15, 0.2) is 48.7 Å². The van der Waals surface area contributed by atoms with Crippen molar-refractivity contribution in [3.05, 3.63) is 60.0 Å². The Labute approximate surface area is 153 Å². The number of hydrogen-bond acceptors (Lipinski definition) is 4. The number of carbonyl (C=O) groups excluding carboxylic acids is 2. The molecule has 27 heavy (non-hydrogen) atoms. The molecule has 8 heteroatoms. The molecule has 2 heterocycles. The minimum absolute atomic E-state index is 0.0701. The van der Waals surface area contributed by atoms with Gasteiger partial charge in [-0.15, -0.1) is 0 Å². The summed E-state index contributed by atoms with van der Waals surface area (Å²) >= 11 is 0. The highest BCUT2D eigenvalue weighted by atomic mass is 19.1. The second-order valence-electron chi connectivity index (χ2n) is 6.32. The zero-order valence-electron chi connectivity index (χ0n) is 14.3. The third-order valence-electron chi connectivity index (χ3n) is 4.77. The molecule has 1 aliphatic rings. The highest BCUT2D eigenvalue weighted by molar-refractivity contribution is 6.07. The van der Waals surface area contributed by atoms with Crippen LogP contribution in [-0.4, -0.2) is 28.7 Å². The summed E-state index contributed by atoms with van der Waals surface area (Å²) in [5.74, 6) is -0.544. The predicted octanol–water partition coefficient (Wildman–Crippen LogP) is 2.23. The van der Waals surface area contributed by atoms with Gasteiger partial charge in [0, 0.05) is 17.0 Å². The van der Waals surface area contributed by atoms with Gasteiger partial charge in [-0.2, -0.15) is 0 Å². The van der Waals surface area contributed by atoms with Crippen LogP contribution in [0.2, 0.25) is 0 Å². The summed E-state index contributed by atoms with van der Waals surface area (Å²) in [6, 6.07) is 9.85. The fourth-order valence-electron chi connectivity index (χ4n) is 3.43. The van der Waals surface area contributed by atoms with Crippen molar-refractivity contribution in [1.29, 1.82) is 0 Å². The monoisotopic (exact) mass is 369 g/mol. The molecule has 3 amide bonds. The first-order chi connectivity index (χ1) is 12.9. The Morgan fingerprint density at radius 2 is 1.89 bits per heavy atom. The number of aromatic hydroxyl groups is 1. The number of methoxy groups -OCH3 is 1. The number of hydrogen-bond donors (Lipinski definition) is 3. The fraction of sp³-hybridized carbons (Fsp3) is 0.158. The molecule has 1 aromatic heterocycles. The van der Waals surface area contributed by atoms with Gasteiger partial charge in [0.1, 0.15) is 11.6 Å². The summed E-state index contributed by atoms with van der Waals surface area (Å²) in [7, 11) is 1.52. The number of amides is 3. The summed E-state index contributed by atoms with van der Waals surface area (Å²) < 4.78 is 20.1. The first-order valence-electron chi connectivity index (χ1n) is 8.19. The number of ether oxygens (including phenoxy) is 1. The third kappa shape index (κ3) is 2.57. The number of nitrogens with zero attached hydrogens (tertiary/aromatic N) is 1. The average molecular weight is 369 g/mol. The minimum Gasteiger partial charge on any atom is -0.496 e. The van der Waals surface area contributed by atoms with Crippen molar-refractivity contribution in [2.24, 2.45) is 0 Å². The van der Waals surface area contributed by atoms with Crippen molar-refractivity contribution in [2.45, 2.75) is 12.1 Å².